The van der Waals surface area contributed by atoms with Crippen molar-refractivity contribution in [3.8, 4) is 5.75 Å². The molecule has 1 heterocycles. The van der Waals surface area contributed by atoms with Crippen molar-refractivity contribution < 1.29 is 9.84 Å². The molecule has 1 aromatic rings. The molecule has 3 nitrogen and oxygen atoms in total. The van der Waals surface area contributed by atoms with Gasteiger partial charge in [0.1, 0.15) is 18.0 Å². The van der Waals surface area contributed by atoms with Gasteiger partial charge in [0.2, 0.25) is 0 Å². The summed E-state index contributed by atoms with van der Waals surface area (Å²) in [5.74, 6) is 0.885. The molecule has 0 bridgehead atoms. The van der Waals surface area contributed by atoms with E-state index < -0.39 is 0 Å². The third-order valence-corrected chi connectivity index (χ3v) is 4.65. The quantitative estimate of drug-likeness (QED) is 0.920. The molecule has 3 atom stereocenters. The topological polar surface area (TPSA) is 32.7 Å². The number of benzene rings is 1. The van der Waals surface area contributed by atoms with E-state index in [0.717, 1.165) is 38.1 Å². The van der Waals surface area contributed by atoms with Crippen LogP contribution in [0.3, 0.4) is 0 Å². The molecule has 1 saturated heterocycles. The zero-order valence-electron chi connectivity index (χ0n) is 12.3. The third-order valence-electron chi connectivity index (χ3n) is 4.65. The van der Waals surface area contributed by atoms with Crippen LogP contribution in [0.15, 0.2) is 24.3 Å². The number of ether oxygens (including phenoxy) is 1. The van der Waals surface area contributed by atoms with E-state index in [2.05, 4.69) is 17.9 Å². The molecular formula is C17H25NO2. The van der Waals surface area contributed by atoms with Crippen LogP contribution in [-0.4, -0.2) is 41.3 Å². The van der Waals surface area contributed by atoms with Crippen molar-refractivity contribution in [3.05, 3.63) is 29.8 Å². The number of aliphatic hydroxyl groups is 1. The van der Waals surface area contributed by atoms with Crippen molar-refractivity contribution in [2.24, 2.45) is 0 Å². The maximum Gasteiger partial charge on any atom is 0.126 e. The lowest BCUT2D eigenvalue weighted by Crippen LogP contribution is -2.52. The van der Waals surface area contributed by atoms with Crippen molar-refractivity contribution >= 4 is 0 Å². The normalized spacial score (nSPS) is 31.4. The van der Waals surface area contributed by atoms with Crippen molar-refractivity contribution in [2.45, 2.75) is 57.3 Å². The number of hydrogen-bond donors (Lipinski definition) is 1. The van der Waals surface area contributed by atoms with Gasteiger partial charge in [-0.05, 0) is 69.8 Å². The van der Waals surface area contributed by atoms with E-state index in [1.165, 1.54) is 18.4 Å². The van der Waals surface area contributed by atoms with Crippen molar-refractivity contribution in [3.63, 3.8) is 0 Å². The number of nitrogens with zero attached hydrogens (tertiary/aromatic N) is 1. The number of likely N-dealkylation sites (tertiary alicyclic amines) is 1. The number of aliphatic hydroxyl groups excluding tert-OH is 1. The van der Waals surface area contributed by atoms with Gasteiger partial charge in [-0.15, -0.1) is 0 Å². The van der Waals surface area contributed by atoms with E-state index in [4.69, 9.17) is 4.74 Å². The van der Waals surface area contributed by atoms with Gasteiger partial charge in [-0.3, -0.25) is 4.90 Å². The maximum atomic E-state index is 10.7. The summed E-state index contributed by atoms with van der Waals surface area (Å²) in [6.07, 6.45) is 5.33. The van der Waals surface area contributed by atoms with E-state index in [-0.39, 0.29) is 12.2 Å². The zero-order chi connectivity index (χ0) is 13.9. The highest BCUT2D eigenvalue weighted by molar-refractivity contribution is 5.27. The molecule has 1 N–H and O–H groups in total. The number of hydrogen-bond acceptors (Lipinski definition) is 3. The Morgan fingerprint density at radius 2 is 1.95 bits per heavy atom. The molecule has 0 radical (unpaired) electrons. The molecule has 1 aliphatic carbocycles. The average molecular weight is 275 g/mol. The van der Waals surface area contributed by atoms with Crippen molar-refractivity contribution in [1.82, 2.24) is 4.90 Å². The van der Waals surface area contributed by atoms with Gasteiger partial charge >= 0.3 is 0 Å². The molecule has 3 heteroatoms. The highest BCUT2D eigenvalue weighted by atomic mass is 16.5. The van der Waals surface area contributed by atoms with Crippen LogP contribution in [0.25, 0.3) is 0 Å². The Morgan fingerprint density at radius 3 is 2.70 bits per heavy atom. The summed E-state index contributed by atoms with van der Waals surface area (Å²) in [7, 11) is 0. The minimum atomic E-state index is -0.359. The second kappa shape index (κ2) is 6.15. The Labute approximate surface area is 121 Å². The van der Waals surface area contributed by atoms with Gasteiger partial charge in [-0.25, -0.2) is 0 Å². The molecule has 0 unspecified atom stereocenters. The van der Waals surface area contributed by atoms with E-state index in [9.17, 15) is 5.11 Å². The highest BCUT2D eigenvalue weighted by Gasteiger charge is 2.37. The third kappa shape index (κ3) is 2.99. The standard InChI is InChI=1S/C17H25NO2/c1-13-6-4-7-14(12-13)20-16-9-5-8-15(17(16)19)18-10-2-3-11-18/h4,6-7,12,15-17,19H,2-3,5,8-11H2,1H3/t15-,16+,17+/m0/s1. The van der Waals surface area contributed by atoms with Gasteiger partial charge in [-0.2, -0.15) is 0 Å². The van der Waals surface area contributed by atoms with Crippen LogP contribution < -0.4 is 4.74 Å². The summed E-state index contributed by atoms with van der Waals surface area (Å²) in [6.45, 7) is 4.34. The molecule has 0 aromatic heterocycles. The first-order valence-corrected chi connectivity index (χ1v) is 7.89. The Balaban J connectivity index is 1.66. The minimum Gasteiger partial charge on any atom is -0.488 e. The Hall–Kier alpha value is -1.06. The maximum absolute atomic E-state index is 10.7. The molecule has 2 aliphatic rings. The largest absolute Gasteiger partial charge is 0.488 e. The van der Waals surface area contributed by atoms with Crippen LogP contribution in [0.1, 0.15) is 37.7 Å². The Kier molecular flexibility index (Phi) is 4.27. The first-order chi connectivity index (χ1) is 9.74. The molecule has 1 saturated carbocycles. The summed E-state index contributed by atoms with van der Waals surface area (Å²) < 4.78 is 6.06. The van der Waals surface area contributed by atoms with Crippen LogP contribution in [0, 0.1) is 6.92 Å². The molecule has 110 valence electrons. The van der Waals surface area contributed by atoms with E-state index in [1.54, 1.807) is 0 Å². The van der Waals surface area contributed by atoms with Crippen LogP contribution in [0.4, 0.5) is 0 Å². The van der Waals surface area contributed by atoms with Crippen LogP contribution in [0.5, 0.6) is 5.75 Å². The van der Waals surface area contributed by atoms with Crippen molar-refractivity contribution in [2.75, 3.05) is 13.1 Å². The summed E-state index contributed by atoms with van der Waals surface area (Å²) in [6, 6.07) is 8.40. The summed E-state index contributed by atoms with van der Waals surface area (Å²) in [4.78, 5) is 2.45. The van der Waals surface area contributed by atoms with Gasteiger partial charge in [0, 0.05) is 6.04 Å². The first-order valence-electron chi connectivity index (χ1n) is 7.89. The first kappa shape index (κ1) is 13.9. The Bertz CT molecular complexity index is 442. The number of aryl methyl sites for hydroxylation is 1. The van der Waals surface area contributed by atoms with Gasteiger partial charge in [0.25, 0.3) is 0 Å². The fourth-order valence-electron chi connectivity index (χ4n) is 3.58. The predicted octanol–water partition coefficient (Wildman–Crippen LogP) is 2.75. The second-order valence-corrected chi connectivity index (χ2v) is 6.20. The van der Waals surface area contributed by atoms with Crippen LogP contribution >= 0.6 is 0 Å². The van der Waals surface area contributed by atoms with E-state index >= 15 is 0 Å². The fraction of sp³-hybridized carbons (Fsp3) is 0.647. The Morgan fingerprint density at radius 1 is 1.15 bits per heavy atom. The fourth-order valence-corrected chi connectivity index (χ4v) is 3.58. The molecule has 20 heavy (non-hydrogen) atoms. The monoisotopic (exact) mass is 275 g/mol. The molecule has 2 fully saturated rings. The van der Waals surface area contributed by atoms with Gasteiger partial charge in [-0.1, -0.05) is 12.1 Å². The average Bonchev–Trinajstić information content (AvgIpc) is 2.95. The smallest absolute Gasteiger partial charge is 0.126 e. The lowest BCUT2D eigenvalue weighted by molar-refractivity contribution is -0.0479. The second-order valence-electron chi connectivity index (χ2n) is 6.20. The van der Waals surface area contributed by atoms with Crippen LogP contribution in [-0.2, 0) is 0 Å². The zero-order valence-corrected chi connectivity index (χ0v) is 12.3. The summed E-state index contributed by atoms with van der Waals surface area (Å²) in [5, 5.41) is 10.7. The molecule has 3 rings (SSSR count). The molecule has 0 spiro atoms. The highest BCUT2D eigenvalue weighted by Crippen LogP contribution is 2.29. The molecule has 1 aromatic carbocycles. The SMILES string of the molecule is Cc1cccc(O[C@@H]2CCC[C@H](N3CCCC3)[C@H]2O)c1. The summed E-state index contributed by atoms with van der Waals surface area (Å²) in [5.41, 5.74) is 1.20. The lowest BCUT2D eigenvalue weighted by Gasteiger charge is -2.39. The van der Waals surface area contributed by atoms with E-state index in [0.29, 0.717) is 6.04 Å². The van der Waals surface area contributed by atoms with Gasteiger partial charge < -0.3 is 9.84 Å². The van der Waals surface area contributed by atoms with Gasteiger partial charge in [0.15, 0.2) is 0 Å². The van der Waals surface area contributed by atoms with Crippen LogP contribution in [0.2, 0.25) is 0 Å². The molecule has 1 aliphatic heterocycles. The number of rotatable bonds is 3. The minimum absolute atomic E-state index is 0.0591. The van der Waals surface area contributed by atoms with Crippen molar-refractivity contribution in [1.29, 1.82) is 0 Å². The predicted molar refractivity (Wildman–Crippen MR) is 80.0 cm³/mol. The van der Waals surface area contributed by atoms with Gasteiger partial charge in [0.05, 0.1) is 0 Å². The van der Waals surface area contributed by atoms with E-state index in [1.807, 2.05) is 18.2 Å². The lowest BCUT2D eigenvalue weighted by atomic mass is 9.89. The summed E-state index contributed by atoms with van der Waals surface area (Å²) >= 11 is 0. The molecule has 0 amide bonds. The molecular weight excluding hydrogens is 250 g/mol.